The van der Waals surface area contributed by atoms with Crippen LogP contribution in [0.1, 0.15) is 25.3 Å². The van der Waals surface area contributed by atoms with Gasteiger partial charge in [0.15, 0.2) is 6.04 Å². The molecule has 0 aromatic heterocycles. The number of amides is 1. The number of nitrogens with zero attached hydrogens (tertiary/aromatic N) is 2. The number of ether oxygens (including phenoxy) is 2. The number of hydrogen-bond acceptors (Lipinski definition) is 7. The molecular formula is C25H25Cl2F2N3O5. The van der Waals surface area contributed by atoms with E-state index in [2.05, 4.69) is 5.32 Å². The smallest absolute Gasteiger partial charge is 0.362 e. The Hall–Kier alpha value is -2.76. The minimum Gasteiger partial charge on any atom is -0.463 e. The summed E-state index contributed by atoms with van der Waals surface area (Å²) in [5.74, 6) is -1.58. The van der Waals surface area contributed by atoms with Gasteiger partial charge >= 0.3 is 12.6 Å². The molecule has 1 N–H and O–H groups in total. The van der Waals surface area contributed by atoms with E-state index in [0.717, 1.165) is 0 Å². The second-order valence-electron chi connectivity index (χ2n) is 8.22. The molecule has 1 atom stereocenters. The lowest BCUT2D eigenvalue weighted by molar-refractivity contribution is -0.288. The van der Waals surface area contributed by atoms with Crippen LogP contribution in [-0.4, -0.2) is 55.6 Å². The standard InChI is InChI=1S/C25H25Cl2F2N3O5/c1-2-36-24(34)20-21(15-7-9-16(26)10-8-15)31(19-6-4-3-5-18(19)27)32(37-25(28)29)22(20)23(33)30-17-11-13-35-14-12-17/h3-10,17,22,25H,2,11-14H2,1H3,(H,30,33). The summed E-state index contributed by atoms with van der Waals surface area (Å²) in [5, 5.41) is 5.31. The van der Waals surface area contributed by atoms with E-state index < -0.39 is 24.5 Å². The Morgan fingerprint density at radius 1 is 1.11 bits per heavy atom. The van der Waals surface area contributed by atoms with Gasteiger partial charge in [-0.15, -0.1) is 0 Å². The van der Waals surface area contributed by atoms with Crippen LogP contribution >= 0.6 is 23.2 Å². The number of benzene rings is 2. The maximum Gasteiger partial charge on any atom is 0.362 e. The monoisotopic (exact) mass is 555 g/mol. The lowest BCUT2D eigenvalue weighted by Crippen LogP contribution is -2.54. The van der Waals surface area contributed by atoms with Crippen molar-refractivity contribution in [3.05, 3.63) is 69.7 Å². The first-order valence-corrected chi connectivity index (χ1v) is 12.4. The van der Waals surface area contributed by atoms with Crippen molar-refractivity contribution in [3.63, 3.8) is 0 Å². The highest BCUT2D eigenvalue weighted by atomic mass is 35.5. The Kier molecular flexibility index (Phi) is 8.99. The molecule has 8 nitrogen and oxygen atoms in total. The highest BCUT2D eigenvalue weighted by Gasteiger charge is 2.50. The van der Waals surface area contributed by atoms with Crippen molar-refractivity contribution in [1.82, 2.24) is 10.5 Å². The van der Waals surface area contributed by atoms with Crippen LogP contribution in [0.4, 0.5) is 14.5 Å². The van der Waals surface area contributed by atoms with Gasteiger partial charge in [0.1, 0.15) is 0 Å². The second-order valence-corrected chi connectivity index (χ2v) is 9.06. The number of anilines is 1. The van der Waals surface area contributed by atoms with Crippen molar-refractivity contribution in [2.75, 3.05) is 24.8 Å². The fraction of sp³-hybridized carbons (Fsp3) is 0.360. The number of carbonyl (C=O) groups excluding carboxylic acids is 2. The third-order valence-corrected chi connectivity index (χ3v) is 6.43. The quantitative estimate of drug-likeness (QED) is 0.467. The molecule has 0 aliphatic carbocycles. The largest absolute Gasteiger partial charge is 0.463 e. The summed E-state index contributed by atoms with van der Waals surface area (Å²) in [5.41, 5.74) is 0.514. The van der Waals surface area contributed by atoms with E-state index in [1.54, 1.807) is 55.5 Å². The molecule has 198 valence electrons. The molecule has 2 aromatic rings. The third-order valence-electron chi connectivity index (χ3n) is 5.86. The Labute approximate surface area is 222 Å². The molecule has 2 aliphatic rings. The maximum atomic E-state index is 13.8. The molecule has 0 saturated carbocycles. The van der Waals surface area contributed by atoms with E-state index in [4.69, 9.17) is 37.5 Å². The highest BCUT2D eigenvalue weighted by molar-refractivity contribution is 6.33. The first-order valence-electron chi connectivity index (χ1n) is 11.7. The number of hydrazine groups is 1. The first-order chi connectivity index (χ1) is 17.8. The molecule has 0 radical (unpaired) electrons. The fourth-order valence-electron chi connectivity index (χ4n) is 4.26. The summed E-state index contributed by atoms with van der Waals surface area (Å²) < 4.78 is 38.2. The minimum atomic E-state index is -3.32. The van der Waals surface area contributed by atoms with E-state index in [9.17, 15) is 18.4 Å². The maximum absolute atomic E-state index is 13.8. The number of nitrogens with one attached hydrogen (secondary N) is 1. The van der Waals surface area contributed by atoms with Crippen molar-refractivity contribution in [3.8, 4) is 0 Å². The Bertz CT molecular complexity index is 1160. The van der Waals surface area contributed by atoms with Gasteiger partial charge in [-0.25, -0.2) is 14.6 Å². The van der Waals surface area contributed by atoms with Gasteiger partial charge in [0.05, 0.1) is 28.6 Å². The zero-order valence-corrected chi connectivity index (χ0v) is 21.3. The van der Waals surface area contributed by atoms with Crippen LogP contribution in [-0.2, 0) is 23.9 Å². The zero-order valence-electron chi connectivity index (χ0n) is 19.8. The Morgan fingerprint density at radius 3 is 2.41 bits per heavy atom. The number of halogens is 4. The number of hydrogen-bond donors (Lipinski definition) is 1. The van der Waals surface area contributed by atoms with Crippen LogP contribution in [0.3, 0.4) is 0 Å². The Morgan fingerprint density at radius 2 is 1.78 bits per heavy atom. The lowest BCUT2D eigenvalue weighted by atomic mass is 10.00. The van der Waals surface area contributed by atoms with E-state index in [0.29, 0.717) is 41.8 Å². The van der Waals surface area contributed by atoms with Crippen LogP contribution in [0.5, 0.6) is 0 Å². The fourth-order valence-corrected chi connectivity index (χ4v) is 4.61. The van der Waals surface area contributed by atoms with Crippen molar-refractivity contribution in [2.45, 2.75) is 38.5 Å². The van der Waals surface area contributed by atoms with Crippen LogP contribution in [0.15, 0.2) is 54.1 Å². The van der Waals surface area contributed by atoms with Gasteiger partial charge in [-0.1, -0.05) is 52.6 Å². The van der Waals surface area contributed by atoms with Crippen LogP contribution in [0, 0.1) is 0 Å². The van der Waals surface area contributed by atoms with Gasteiger partial charge < -0.3 is 14.8 Å². The molecule has 2 heterocycles. The van der Waals surface area contributed by atoms with Gasteiger partial charge in [-0.05, 0) is 44.0 Å². The molecule has 1 saturated heterocycles. The summed E-state index contributed by atoms with van der Waals surface area (Å²) in [4.78, 5) is 31.9. The van der Waals surface area contributed by atoms with Gasteiger partial charge in [0.2, 0.25) is 5.91 Å². The number of carbonyl (C=O) groups is 2. The van der Waals surface area contributed by atoms with Crippen LogP contribution in [0.2, 0.25) is 10.0 Å². The van der Waals surface area contributed by atoms with Crippen molar-refractivity contribution in [2.24, 2.45) is 0 Å². The topological polar surface area (TPSA) is 80.3 Å². The number of alkyl halides is 2. The van der Waals surface area contributed by atoms with Gasteiger partial charge in [-0.3, -0.25) is 4.79 Å². The lowest BCUT2D eigenvalue weighted by Gasteiger charge is -2.34. The summed E-state index contributed by atoms with van der Waals surface area (Å²) in [6.07, 6.45) is 1.07. The van der Waals surface area contributed by atoms with Crippen molar-refractivity contribution >= 4 is 46.5 Å². The molecule has 2 aromatic carbocycles. The van der Waals surface area contributed by atoms with Gasteiger partial charge in [0.25, 0.3) is 0 Å². The molecule has 0 bridgehead atoms. The average Bonchev–Trinajstić information content (AvgIpc) is 3.19. The molecule has 1 unspecified atom stereocenters. The second kappa shape index (κ2) is 12.2. The van der Waals surface area contributed by atoms with E-state index in [1.165, 1.54) is 5.01 Å². The van der Waals surface area contributed by atoms with E-state index in [-0.39, 0.29) is 34.6 Å². The van der Waals surface area contributed by atoms with Crippen molar-refractivity contribution in [1.29, 1.82) is 0 Å². The zero-order chi connectivity index (χ0) is 26.5. The normalized spacial score (nSPS) is 19.0. The molecule has 0 spiro atoms. The molecule has 12 heteroatoms. The SMILES string of the molecule is CCOC(=O)C1=C(c2ccc(Cl)cc2)N(c2ccccc2Cl)N(OC(F)F)C1C(=O)NC1CCOCC1. The highest BCUT2D eigenvalue weighted by Crippen LogP contribution is 2.43. The summed E-state index contributed by atoms with van der Waals surface area (Å²) in [6.45, 7) is -0.848. The van der Waals surface area contributed by atoms with Crippen LogP contribution in [0.25, 0.3) is 5.70 Å². The van der Waals surface area contributed by atoms with E-state index >= 15 is 0 Å². The molecule has 1 fully saturated rings. The summed E-state index contributed by atoms with van der Waals surface area (Å²) >= 11 is 12.5. The number of para-hydroxylation sites is 1. The minimum absolute atomic E-state index is 0.00761. The van der Waals surface area contributed by atoms with Gasteiger partial charge in [0, 0.05) is 29.8 Å². The third kappa shape index (κ3) is 6.05. The number of rotatable bonds is 8. The summed E-state index contributed by atoms with van der Waals surface area (Å²) in [6, 6.07) is 10.9. The average molecular weight is 556 g/mol. The first kappa shape index (κ1) is 27.3. The van der Waals surface area contributed by atoms with E-state index in [1.807, 2.05) is 0 Å². The van der Waals surface area contributed by atoms with Gasteiger partial charge in [-0.2, -0.15) is 8.78 Å². The molecule has 2 aliphatic heterocycles. The Balaban J connectivity index is 1.92. The van der Waals surface area contributed by atoms with Crippen molar-refractivity contribution < 1.29 is 32.7 Å². The predicted octanol–water partition coefficient (Wildman–Crippen LogP) is 4.82. The molecule has 1 amide bonds. The number of esters is 1. The van der Waals surface area contributed by atoms with Crippen LogP contribution < -0.4 is 10.3 Å². The molecular weight excluding hydrogens is 531 g/mol. The molecule has 4 rings (SSSR count). The molecule has 37 heavy (non-hydrogen) atoms. The summed E-state index contributed by atoms with van der Waals surface area (Å²) in [7, 11) is 0. The predicted molar refractivity (Wildman–Crippen MR) is 134 cm³/mol. The number of hydroxylamine groups is 1.